The van der Waals surface area contributed by atoms with Crippen LogP contribution >= 0.6 is 0 Å². The lowest BCUT2D eigenvalue weighted by Gasteiger charge is -2.20. The van der Waals surface area contributed by atoms with Gasteiger partial charge in [0.2, 0.25) is 0 Å². The van der Waals surface area contributed by atoms with Crippen LogP contribution in [-0.2, 0) is 0 Å². The van der Waals surface area contributed by atoms with Crippen molar-refractivity contribution < 1.29 is 0 Å². The fourth-order valence-electron chi connectivity index (χ4n) is 1.86. The van der Waals surface area contributed by atoms with Crippen molar-refractivity contribution >= 4 is 5.65 Å². The Morgan fingerprint density at radius 3 is 2.89 bits per heavy atom. The van der Waals surface area contributed by atoms with E-state index in [-0.39, 0.29) is 11.6 Å². The summed E-state index contributed by atoms with van der Waals surface area (Å²) in [7, 11) is 0. The van der Waals surface area contributed by atoms with E-state index in [0.29, 0.717) is 0 Å². The van der Waals surface area contributed by atoms with E-state index in [9.17, 15) is 0 Å². The van der Waals surface area contributed by atoms with Crippen molar-refractivity contribution in [2.75, 3.05) is 6.54 Å². The van der Waals surface area contributed by atoms with Crippen molar-refractivity contribution in [3.8, 4) is 0 Å². The average Bonchev–Trinajstić information content (AvgIpc) is 2.70. The van der Waals surface area contributed by atoms with Gasteiger partial charge in [0, 0.05) is 11.7 Å². The molecular weight excluding hydrogens is 226 g/mol. The summed E-state index contributed by atoms with van der Waals surface area (Å²) in [6, 6.07) is 6.05. The van der Waals surface area contributed by atoms with E-state index in [0.717, 1.165) is 24.4 Å². The van der Waals surface area contributed by atoms with Crippen LogP contribution in [0.3, 0.4) is 0 Å². The molecule has 0 bridgehead atoms. The van der Waals surface area contributed by atoms with Gasteiger partial charge in [-0.15, -0.1) is 10.2 Å². The smallest absolute Gasteiger partial charge is 0.160 e. The molecule has 2 aromatic rings. The molecule has 0 aromatic carbocycles. The summed E-state index contributed by atoms with van der Waals surface area (Å²) in [4.78, 5) is 0. The maximum Gasteiger partial charge on any atom is 0.160 e. The van der Waals surface area contributed by atoms with E-state index >= 15 is 0 Å². The Labute approximate surface area is 107 Å². The number of nitrogens with one attached hydrogen (secondary N) is 1. The third-order valence-corrected chi connectivity index (χ3v) is 2.95. The molecule has 98 valence electrons. The van der Waals surface area contributed by atoms with Crippen molar-refractivity contribution in [1.29, 1.82) is 0 Å². The van der Waals surface area contributed by atoms with Gasteiger partial charge in [-0.3, -0.25) is 4.40 Å². The minimum absolute atomic E-state index is 0.139. The summed E-state index contributed by atoms with van der Waals surface area (Å²) in [5.41, 5.74) is 6.69. The zero-order chi connectivity index (χ0) is 13.2. The second-order valence-corrected chi connectivity index (χ2v) is 5.40. The Kier molecular flexibility index (Phi) is 3.63. The van der Waals surface area contributed by atoms with E-state index in [1.807, 2.05) is 42.6 Å². The molecule has 5 heteroatoms. The molecule has 0 saturated heterocycles. The van der Waals surface area contributed by atoms with Crippen molar-refractivity contribution in [2.45, 2.75) is 38.8 Å². The summed E-state index contributed by atoms with van der Waals surface area (Å²) in [5.74, 6) is 0.931. The lowest BCUT2D eigenvalue weighted by molar-refractivity contribution is 0.430. The van der Waals surface area contributed by atoms with Crippen LogP contribution in [0.5, 0.6) is 0 Å². The number of aromatic nitrogens is 3. The van der Waals surface area contributed by atoms with Gasteiger partial charge in [0.05, 0.1) is 6.04 Å². The van der Waals surface area contributed by atoms with Gasteiger partial charge in [-0.2, -0.15) is 0 Å². The van der Waals surface area contributed by atoms with Gasteiger partial charge >= 0.3 is 0 Å². The van der Waals surface area contributed by atoms with Crippen molar-refractivity contribution in [2.24, 2.45) is 5.73 Å². The van der Waals surface area contributed by atoms with E-state index < -0.39 is 0 Å². The molecule has 1 atom stereocenters. The summed E-state index contributed by atoms with van der Waals surface area (Å²) in [5, 5.41) is 11.8. The standard InChI is InChI=1S/C13H21N5/c1-10(15-8-7-13(2,3)14)12-17-16-11-6-4-5-9-18(11)12/h4-6,9-10,15H,7-8,14H2,1-3H3. The second-order valence-electron chi connectivity index (χ2n) is 5.40. The average molecular weight is 247 g/mol. The highest BCUT2D eigenvalue weighted by Gasteiger charge is 2.14. The van der Waals surface area contributed by atoms with Gasteiger partial charge < -0.3 is 11.1 Å². The third-order valence-electron chi connectivity index (χ3n) is 2.95. The number of nitrogens with zero attached hydrogens (tertiary/aromatic N) is 3. The topological polar surface area (TPSA) is 68.2 Å². The normalized spacial score (nSPS) is 14.0. The first-order chi connectivity index (χ1) is 8.47. The molecular formula is C13H21N5. The van der Waals surface area contributed by atoms with Crippen molar-refractivity contribution in [1.82, 2.24) is 19.9 Å². The SMILES string of the molecule is CC(NCCC(C)(C)N)c1nnc2ccccn12. The third kappa shape index (κ3) is 3.05. The molecule has 0 amide bonds. The Morgan fingerprint density at radius 1 is 1.39 bits per heavy atom. The molecule has 0 radical (unpaired) electrons. The van der Waals surface area contributed by atoms with E-state index in [2.05, 4.69) is 22.4 Å². The number of pyridine rings is 1. The Morgan fingerprint density at radius 2 is 2.17 bits per heavy atom. The molecule has 0 aliphatic rings. The molecule has 0 saturated carbocycles. The number of hydrogen-bond acceptors (Lipinski definition) is 4. The van der Waals surface area contributed by atoms with Crippen LogP contribution in [0.15, 0.2) is 24.4 Å². The van der Waals surface area contributed by atoms with Crippen LogP contribution < -0.4 is 11.1 Å². The molecule has 5 nitrogen and oxygen atoms in total. The summed E-state index contributed by atoms with van der Waals surface area (Å²) in [6.45, 7) is 7.02. The predicted molar refractivity (Wildman–Crippen MR) is 72.3 cm³/mol. The molecule has 18 heavy (non-hydrogen) atoms. The molecule has 2 aromatic heterocycles. The van der Waals surface area contributed by atoms with Crippen LogP contribution in [0.4, 0.5) is 0 Å². The van der Waals surface area contributed by atoms with E-state index in [1.54, 1.807) is 0 Å². The lowest BCUT2D eigenvalue weighted by atomic mass is 10.0. The molecule has 0 aliphatic heterocycles. The largest absolute Gasteiger partial charge is 0.326 e. The number of nitrogens with two attached hydrogens (primary N) is 1. The zero-order valence-corrected chi connectivity index (χ0v) is 11.2. The molecule has 2 rings (SSSR count). The first kappa shape index (κ1) is 13.0. The maximum atomic E-state index is 5.96. The first-order valence-electron chi connectivity index (χ1n) is 6.29. The van der Waals surface area contributed by atoms with Crippen LogP contribution in [0.1, 0.15) is 39.1 Å². The minimum Gasteiger partial charge on any atom is -0.326 e. The van der Waals surface area contributed by atoms with Gasteiger partial charge in [-0.25, -0.2) is 0 Å². The number of hydrogen-bond donors (Lipinski definition) is 2. The van der Waals surface area contributed by atoms with E-state index in [1.165, 1.54) is 0 Å². The fourth-order valence-corrected chi connectivity index (χ4v) is 1.86. The zero-order valence-electron chi connectivity index (χ0n) is 11.2. The molecule has 0 spiro atoms. The number of rotatable bonds is 5. The molecule has 0 aliphatic carbocycles. The molecule has 1 unspecified atom stereocenters. The highest BCUT2D eigenvalue weighted by molar-refractivity contribution is 5.37. The predicted octanol–water partition coefficient (Wildman–Crippen LogP) is 1.51. The number of fused-ring (bicyclic) bond motifs is 1. The van der Waals surface area contributed by atoms with Crippen molar-refractivity contribution in [3.05, 3.63) is 30.2 Å². The Bertz CT molecular complexity index is 511. The monoisotopic (exact) mass is 247 g/mol. The summed E-state index contributed by atoms with van der Waals surface area (Å²) < 4.78 is 2.01. The Balaban J connectivity index is 2.03. The van der Waals surface area contributed by atoms with Crippen LogP contribution in [0.25, 0.3) is 5.65 Å². The second kappa shape index (κ2) is 5.04. The van der Waals surface area contributed by atoms with Crippen LogP contribution in [-0.4, -0.2) is 26.7 Å². The first-order valence-corrected chi connectivity index (χ1v) is 6.29. The van der Waals surface area contributed by atoms with E-state index in [4.69, 9.17) is 5.73 Å². The quantitative estimate of drug-likeness (QED) is 0.840. The minimum atomic E-state index is -0.139. The van der Waals surface area contributed by atoms with Gasteiger partial charge in [0.1, 0.15) is 0 Å². The van der Waals surface area contributed by atoms with Gasteiger partial charge in [-0.05, 0) is 45.9 Å². The Hall–Kier alpha value is -1.46. The van der Waals surface area contributed by atoms with Crippen molar-refractivity contribution in [3.63, 3.8) is 0 Å². The summed E-state index contributed by atoms with van der Waals surface area (Å²) >= 11 is 0. The maximum absolute atomic E-state index is 5.96. The molecule has 2 heterocycles. The van der Waals surface area contributed by atoms with Crippen LogP contribution in [0.2, 0.25) is 0 Å². The molecule has 3 N–H and O–H groups in total. The van der Waals surface area contributed by atoms with Gasteiger partial charge in [0.15, 0.2) is 11.5 Å². The highest BCUT2D eigenvalue weighted by Crippen LogP contribution is 2.12. The fraction of sp³-hybridized carbons (Fsp3) is 0.538. The molecule has 0 fully saturated rings. The highest BCUT2D eigenvalue weighted by atomic mass is 15.3. The van der Waals surface area contributed by atoms with Crippen LogP contribution in [0, 0.1) is 0 Å². The van der Waals surface area contributed by atoms with Gasteiger partial charge in [0.25, 0.3) is 0 Å². The summed E-state index contributed by atoms with van der Waals surface area (Å²) in [6.07, 6.45) is 2.91. The van der Waals surface area contributed by atoms with Gasteiger partial charge in [-0.1, -0.05) is 6.07 Å². The lowest BCUT2D eigenvalue weighted by Crippen LogP contribution is -2.36.